The van der Waals surface area contributed by atoms with Crippen LogP contribution in [0.2, 0.25) is 0 Å². The van der Waals surface area contributed by atoms with Crippen molar-refractivity contribution in [2.75, 3.05) is 12.4 Å². The Morgan fingerprint density at radius 1 is 1.27 bits per heavy atom. The minimum atomic E-state index is 0.0280. The van der Waals surface area contributed by atoms with Crippen molar-refractivity contribution in [2.45, 2.75) is 19.2 Å². The van der Waals surface area contributed by atoms with E-state index in [9.17, 15) is 4.79 Å². The molecule has 0 spiro atoms. The molecule has 0 aliphatic carbocycles. The number of nitrogens with one attached hydrogen (secondary N) is 1. The van der Waals surface area contributed by atoms with Gasteiger partial charge in [-0.15, -0.1) is 11.8 Å². The average Bonchev–Trinajstić information content (AvgIpc) is 2.55. The van der Waals surface area contributed by atoms with Crippen LogP contribution in [0.1, 0.15) is 18.1 Å². The number of para-hydroxylation sites is 1. The maximum absolute atomic E-state index is 11.9. The van der Waals surface area contributed by atoms with Crippen molar-refractivity contribution in [3.05, 3.63) is 59.9 Å². The van der Waals surface area contributed by atoms with Crippen LogP contribution in [0.4, 0.5) is 0 Å². The third kappa shape index (κ3) is 5.41. The summed E-state index contributed by atoms with van der Waals surface area (Å²) in [5.41, 5.74) is 2.12. The van der Waals surface area contributed by atoms with Gasteiger partial charge in [0.1, 0.15) is 5.75 Å². The van der Waals surface area contributed by atoms with Gasteiger partial charge >= 0.3 is 0 Å². The first-order chi connectivity index (χ1) is 10.8. The van der Waals surface area contributed by atoms with Gasteiger partial charge in [-0.3, -0.25) is 9.78 Å². The smallest absolute Gasteiger partial charge is 0.230 e. The Labute approximate surface area is 135 Å². The second-order valence-electron chi connectivity index (χ2n) is 4.67. The summed E-state index contributed by atoms with van der Waals surface area (Å²) >= 11 is 1.58. The molecule has 0 aliphatic heterocycles. The Kier molecular flexibility index (Phi) is 6.77. The summed E-state index contributed by atoms with van der Waals surface area (Å²) in [6.45, 7) is 3.05. The topological polar surface area (TPSA) is 51.2 Å². The molecule has 0 saturated carbocycles. The first-order valence-electron chi connectivity index (χ1n) is 7.23. The number of hydrogen-bond acceptors (Lipinski definition) is 4. The van der Waals surface area contributed by atoms with Crippen LogP contribution in [0, 0.1) is 0 Å². The molecule has 0 unspecified atom stereocenters. The zero-order chi connectivity index (χ0) is 15.6. The molecule has 1 amide bonds. The predicted octanol–water partition coefficient (Wildman–Crippen LogP) is 3.03. The van der Waals surface area contributed by atoms with Crippen LogP contribution in [-0.4, -0.2) is 23.3 Å². The minimum absolute atomic E-state index is 0.0280. The number of pyridine rings is 1. The normalized spacial score (nSPS) is 10.2. The summed E-state index contributed by atoms with van der Waals surface area (Å²) in [5, 5.41) is 2.93. The van der Waals surface area contributed by atoms with Crippen LogP contribution in [0.5, 0.6) is 5.75 Å². The lowest BCUT2D eigenvalue weighted by molar-refractivity contribution is -0.118. The number of aromatic nitrogens is 1. The number of benzene rings is 1. The fourth-order valence-electron chi connectivity index (χ4n) is 1.94. The van der Waals surface area contributed by atoms with Gasteiger partial charge in [0.05, 0.1) is 12.4 Å². The number of carbonyl (C=O) groups is 1. The van der Waals surface area contributed by atoms with Gasteiger partial charge in [0, 0.05) is 30.3 Å². The second-order valence-corrected chi connectivity index (χ2v) is 5.66. The summed E-state index contributed by atoms with van der Waals surface area (Å²) in [6.07, 6.45) is 3.57. The van der Waals surface area contributed by atoms with E-state index >= 15 is 0 Å². The van der Waals surface area contributed by atoms with Gasteiger partial charge in [0.25, 0.3) is 0 Å². The highest BCUT2D eigenvalue weighted by atomic mass is 32.2. The third-order valence-corrected chi connectivity index (χ3v) is 3.98. The number of nitrogens with zero attached hydrogens (tertiary/aromatic N) is 1. The van der Waals surface area contributed by atoms with Crippen LogP contribution in [-0.2, 0) is 17.1 Å². The van der Waals surface area contributed by atoms with Crippen molar-refractivity contribution >= 4 is 17.7 Å². The van der Waals surface area contributed by atoms with Crippen molar-refractivity contribution in [1.29, 1.82) is 0 Å². The fourth-order valence-corrected chi connectivity index (χ4v) is 2.73. The van der Waals surface area contributed by atoms with E-state index < -0.39 is 0 Å². The average molecular weight is 316 g/mol. The van der Waals surface area contributed by atoms with Gasteiger partial charge < -0.3 is 10.1 Å². The SMILES string of the molecule is CCOc1ccccc1CNC(=O)CSCc1cccnc1. The number of carbonyl (C=O) groups excluding carboxylic acids is 1. The zero-order valence-corrected chi connectivity index (χ0v) is 13.4. The minimum Gasteiger partial charge on any atom is -0.494 e. The molecular weight excluding hydrogens is 296 g/mol. The molecule has 0 fully saturated rings. The number of amides is 1. The molecule has 1 N–H and O–H groups in total. The van der Waals surface area contributed by atoms with Crippen LogP contribution in [0.25, 0.3) is 0 Å². The van der Waals surface area contributed by atoms with E-state index in [-0.39, 0.29) is 5.91 Å². The van der Waals surface area contributed by atoms with E-state index in [1.54, 1.807) is 18.0 Å². The van der Waals surface area contributed by atoms with E-state index in [1.807, 2.05) is 49.5 Å². The van der Waals surface area contributed by atoms with Gasteiger partial charge in [-0.25, -0.2) is 0 Å². The quantitative estimate of drug-likeness (QED) is 0.813. The van der Waals surface area contributed by atoms with Gasteiger partial charge in [0.2, 0.25) is 5.91 Å². The van der Waals surface area contributed by atoms with E-state index in [2.05, 4.69) is 10.3 Å². The molecule has 0 radical (unpaired) electrons. The van der Waals surface area contributed by atoms with Crippen LogP contribution < -0.4 is 10.1 Å². The lowest BCUT2D eigenvalue weighted by Crippen LogP contribution is -2.24. The van der Waals surface area contributed by atoms with Gasteiger partial charge in [0.15, 0.2) is 0 Å². The summed E-state index contributed by atoms with van der Waals surface area (Å²) in [4.78, 5) is 15.9. The Hall–Kier alpha value is -2.01. The third-order valence-electron chi connectivity index (χ3n) is 2.97. The lowest BCUT2D eigenvalue weighted by atomic mass is 10.2. The highest BCUT2D eigenvalue weighted by molar-refractivity contribution is 7.99. The van der Waals surface area contributed by atoms with Crippen LogP contribution >= 0.6 is 11.8 Å². The number of hydrogen-bond donors (Lipinski definition) is 1. The largest absolute Gasteiger partial charge is 0.494 e. The molecule has 22 heavy (non-hydrogen) atoms. The molecule has 1 aromatic carbocycles. The highest BCUT2D eigenvalue weighted by Crippen LogP contribution is 2.17. The maximum atomic E-state index is 11.9. The molecule has 2 aromatic rings. The molecule has 0 saturated heterocycles. The van der Waals surface area contributed by atoms with Crippen LogP contribution in [0.15, 0.2) is 48.8 Å². The van der Waals surface area contributed by atoms with Crippen LogP contribution in [0.3, 0.4) is 0 Å². The van der Waals surface area contributed by atoms with Gasteiger partial charge in [-0.05, 0) is 24.6 Å². The van der Waals surface area contributed by atoms with Gasteiger partial charge in [-0.1, -0.05) is 24.3 Å². The maximum Gasteiger partial charge on any atom is 0.230 e. The Morgan fingerprint density at radius 3 is 2.91 bits per heavy atom. The molecule has 4 nitrogen and oxygen atoms in total. The van der Waals surface area contributed by atoms with Crippen molar-refractivity contribution < 1.29 is 9.53 Å². The molecule has 0 atom stereocenters. The summed E-state index contributed by atoms with van der Waals surface area (Å²) in [7, 11) is 0. The second kappa shape index (κ2) is 9.10. The summed E-state index contributed by atoms with van der Waals surface area (Å²) < 4.78 is 5.54. The fraction of sp³-hybridized carbons (Fsp3) is 0.294. The Bertz CT molecular complexity index is 590. The first-order valence-corrected chi connectivity index (χ1v) is 8.39. The van der Waals surface area contributed by atoms with E-state index in [1.165, 1.54) is 0 Å². The summed E-state index contributed by atoms with van der Waals surface area (Å²) in [6, 6.07) is 11.7. The Balaban J connectivity index is 1.74. The number of rotatable bonds is 8. The molecule has 1 aromatic heterocycles. The van der Waals surface area contributed by atoms with E-state index in [0.717, 1.165) is 22.6 Å². The molecule has 1 heterocycles. The van der Waals surface area contributed by atoms with Gasteiger partial charge in [-0.2, -0.15) is 0 Å². The zero-order valence-electron chi connectivity index (χ0n) is 12.6. The molecular formula is C17H20N2O2S. The monoisotopic (exact) mass is 316 g/mol. The molecule has 0 bridgehead atoms. The predicted molar refractivity (Wildman–Crippen MR) is 89.9 cm³/mol. The molecule has 5 heteroatoms. The van der Waals surface area contributed by atoms with Crippen molar-refractivity contribution in [1.82, 2.24) is 10.3 Å². The standard InChI is InChI=1S/C17H20N2O2S/c1-2-21-16-8-4-3-7-15(16)11-19-17(20)13-22-12-14-6-5-9-18-10-14/h3-10H,2,11-13H2,1H3,(H,19,20). The first kappa shape index (κ1) is 16.4. The van der Waals surface area contributed by atoms with E-state index in [4.69, 9.17) is 4.74 Å². The van der Waals surface area contributed by atoms with Crippen molar-refractivity contribution in [2.24, 2.45) is 0 Å². The van der Waals surface area contributed by atoms with Crippen molar-refractivity contribution in [3.63, 3.8) is 0 Å². The van der Waals surface area contributed by atoms with Crippen molar-refractivity contribution in [3.8, 4) is 5.75 Å². The Morgan fingerprint density at radius 2 is 2.14 bits per heavy atom. The molecule has 0 aliphatic rings. The number of thioether (sulfide) groups is 1. The number of ether oxygens (including phenoxy) is 1. The van der Waals surface area contributed by atoms with E-state index in [0.29, 0.717) is 18.9 Å². The molecule has 2 rings (SSSR count). The molecule has 116 valence electrons. The lowest BCUT2D eigenvalue weighted by Gasteiger charge is -2.10. The summed E-state index contributed by atoms with van der Waals surface area (Å²) in [5.74, 6) is 2.08. The highest BCUT2D eigenvalue weighted by Gasteiger charge is 2.06.